The molecule has 1 aliphatic heterocycles. The highest BCUT2D eigenvalue weighted by Crippen LogP contribution is 2.49. The number of benzene rings is 1. The number of nitrogens with one attached hydrogen (secondary N) is 2. The molecule has 1 heterocycles. The second-order valence-corrected chi connectivity index (χ2v) is 6.71. The van der Waals surface area contributed by atoms with E-state index in [0.29, 0.717) is 24.4 Å². The summed E-state index contributed by atoms with van der Waals surface area (Å²) >= 11 is 0. The normalized spacial score (nSPS) is 26.6. The van der Waals surface area contributed by atoms with Gasteiger partial charge in [-0.1, -0.05) is 18.2 Å². The molecule has 6 heteroatoms. The number of halogens is 3. The average molecular weight is 326 g/mol. The van der Waals surface area contributed by atoms with Crippen LogP contribution in [0.15, 0.2) is 24.3 Å². The van der Waals surface area contributed by atoms with E-state index in [1.165, 1.54) is 6.07 Å². The van der Waals surface area contributed by atoms with E-state index in [1.54, 1.807) is 6.07 Å². The standard InChI is InChI=1S/C17H21F3N2O/c1-11-9-14(5-8-21-11)22-15(23)16(6-7-16)12-3-2-4-13(10-12)17(18,19)20/h2-4,10-11,14,21H,5-9H2,1H3,(H,22,23). The summed E-state index contributed by atoms with van der Waals surface area (Å²) in [4.78, 5) is 12.7. The first kappa shape index (κ1) is 16.3. The molecule has 2 N–H and O–H groups in total. The molecule has 23 heavy (non-hydrogen) atoms. The zero-order valence-corrected chi connectivity index (χ0v) is 13.0. The van der Waals surface area contributed by atoms with Gasteiger partial charge in [0.1, 0.15) is 0 Å². The third-order valence-electron chi connectivity index (χ3n) is 4.89. The molecule has 0 bridgehead atoms. The van der Waals surface area contributed by atoms with Crippen LogP contribution in [0.3, 0.4) is 0 Å². The highest BCUT2D eigenvalue weighted by molar-refractivity contribution is 5.91. The van der Waals surface area contributed by atoms with Crippen molar-refractivity contribution in [1.29, 1.82) is 0 Å². The molecule has 1 aromatic carbocycles. The highest BCUT2D eigenvalue weighted by atomic mass is 19.4. The van der Waals surface area contributed by atoms with Gasteiger partial charge in [0.15, 0.2) is 0 Å². The largest absolute Gasteiger partial charge is 0.416 e. The average Bonchev–Trinajstić information content (AvgIpc) is 3.28. The maximum atomic E-state index is 12.9. The fourth-order valence-electron chi connectivity index (χ4n) is 3.35. The molecule has 2 aliphatic rings. The van der Waals surface area contributed by atoms with Gasteiger partial charge in [0.2, 0.25) is 5.91 Å². The van der Waals surface area contributed by atoms with Gasteiger partial charge in [-0.2, -0.15) is 13.2 Å². The molecule has 1 aromatic rings. The van der Waals surface area contributed by atoms with E-state index in [1.807, 2.05) is 0 Å². The number of amides is 1. The number of hydrogen-bond acceptors (Lipinski definition) is 2. The van der Waals surface area contributed by atoms with Gasteiger partial charge in [0.25, 0.3) is 0 Å². The minimum atomic E-state index is -4.38. The third kappa shape index (κ3) is 3.37. The molecule has 126 valence electrons. The Morgan fingerprint density at radius 3 is 2.70 bits per heavy atom. The third-order valence-corrected chi connectivity index (χ3v) is 4.89. The summed E-state index contributed by atoms with van der Waals surface area (Å²) in [6.07, 6.45) is -1.45. The molecule has 0 spiro atoms. The van der Waals surface area contributed by atoms with Gasteiger partial charge in [0, 0.05) is 12.1 Å². The Hall–Kier alpha value is -1.56. The van der Waals surface area contributed by atoms with Gasteiger partial charge >= 0.3 is 6.18 Å². The summed E-state index contributed by atoms with van der Waals surface area (Å²) in [5.41, 5.74) is -0.980. The molecular formula is C17H21F3N2O. The number of rotatable bonds is 3. The van der Waals surface area contributed by atoms with Crippen LogP contribution in [0.4, 0.5) is 13.2 Å². The van der Waals surface area contributed by atoms with E-state index in [-0.39, 0.29) is 11.9 Å². The zero-order valence-electron chi connectivity index (χ0n) is 13.0. The quantitative estimate of drug-likeness (QED) is 0.896. The number of carbonyl (C=O) groups is 1. The lowest BCUT2D eigenvalue weighted by Gasteiger charge is -2.30. The van der Waals surface area contributed by atoms with E-state index in [4.69, 9.17) is 0 Å². The first-order valence-corrected chi connectivity index (χ1v) is 8.03. The Balaban J connectivity index is 1.75. The molecule has 0 radical (unpaired) electrons. The molecule has 1 saturated carbocycles. The van der Waals surface area contributed by atoms with Gasteiger partial charge in [-0.25, -0.2) is 0 Å². The fraction of sp³-hybridized carbons (Fsp3) is 0.588. The van der Waals surface area contributed by atoms with Crippen LogP contribution in [0.5, 0.6) is 0 Å². The van der Waals surface area contributed by atoms with E-state index in [9.17, 15) is 18.0 Å². The minimum Gasteiger partial charge on any atom is -0.352 e. The van der Waals surface area contributed by atoms with Crippen molar-refractivity contribution >= 4 is 5.91 Å². The Morgan fingerprint density at radius 2 is 2.09 bits per heavy atom. The van der Waals surface area contributed by atoms with Crippen LogP contribution in [0.2, 0.25) is 0 Å². The maximum Gasteiger partial charge on any atom is 0.416 e. The van der Waals surface area contributed by atoms with Crippen molar-refractivity contribution in [1.82, 2.24) is 10.6 Å². The molecule has 1 saturated heterocycles. The molecular weight excluding hydrogens is 305 g/mol. The van der Waals surface area contributed by atoms with E-state index in [2.05, 4.69) is 17.6 Å². The summed E-state index contributed by atoms with van der Waals surface area (Å²) in [5.74, 6) is -0.129. The number of alkyl halides is 3. The Bertz CT molecular complexity index is 596. The predicted octanol–water partition coefficient (Wildman–Crippen LogP) is 2.99. The summed E-state index contributed by atoms with van der Waals surface area (Å²) in [7, 11) is 0. The second kappa shape index (κ2) is 5.82. The van der Waals surface area contributed by atoms with Gasteiger partial charge < -0.3 is 10.6 Å². The van der Waals surface area contributed by atoms with Crippen LogP contribution in [-0.4, -0.2) is 24.5 Å². The van der Waals surface area contributed by atoms with Gasteiger partial charge in [-0.3, -0.25) is 4.79 Å². The first-order chi connectivity index (χ1) is 10.8. The molecule has 1 amide bonds. The SMILES string of the molecule is CC1CC(NC(=O)C2(c3cccc(C(F)(F)F)c3)CC2)CCN1. The Morgan fingerprint density at radius 1 is 1.35 bits per heavy atom. The van der Waals surface area contributed by atoms with Crippen molar-refractivity contribution < 1.29 is 18.0 Å². The van der Waals surface area contributed by atoms with E-state index in [0.717, 1.165) is 31.5 Å². The number of hydrogen-bond donors (Lipinski definition) is 2. The zero-order chi connectivity index (χ0) is 16.7. The topological polar surface area (TPSA) is 41.1 Å². The lowest BCUT2D eigenvalue weighted by Crippen LogP contribution is -2.49. The smallest absolute Gasteiger partial charge is 0.352 e. The van der Waals surface area contributed by atoms with Gasteiger partial charge in [0.05, 0.1) is 11.0 Å². The van der Waals surface area contributed by atoms with Crippen LogP contribution in [-0.2, 0) is 16.4 Å². The molecule has 2 atom stereocenters. The predicted molar refractivity (Wildman–Crippen MR) is 81.0 cm³/mol. The van der Waals surface area contributed by atoms with Crippen molar-refractivity contribution in [2.45, 2.75) is 56.3 Å². The van der Waals surface area contributed by atoms with Crippen molar-refractivity contribution in [3.63, 3.8) is 0 Å². The summed E-state index contributed by atoms with van der Waals surface area (Å²) in [6.45, 7) is 2.92. The second-order valence-electron chi connectivity index (χ2n) is 6.71. The monoisotopic (exact) mass is 326 g/mol. The first-order valence-electron chi connectivity index (χ1n) is 8.03. The van der Waals surface area contributed by atoms with Crippen LogP contribution >= 0.6 is 0 Å². The van der Waals surface area contributed by atoms with Crippen molar-refractivity contribution in [2.75, 3.05) is 6.54 Å². The summed E-state index contributed by atoms with van der Waals surface area (Å²) in [5, 5.41) is 6.37. The lowest BCUT2D eigenvalue weighted by atomic mass is 9.92. The van der Waals surface area contributed by atoms with Crippen molar-refractivity contribution in [3.8, 4) is 0 Å². The summed E-state index contributed by atoms with van der Waals surface area (Å²) in [6, 6.07) is 5.63. The molecule has 0 aromatic heterocycles. The molecule has 3 nitrogen and oxygen atoms in total. The maximum absolute atomic E-state index is 12.9. The van der Waals surface area contributed by atoms with Crippen LogP contribution in [0.25, 0.3) is 0 Å². The highest BCUT2D eigenvalue weighted by Gasteiger charge is 2.52. The minimum absolute atomic E-state index is 0.0991. The Kier molecular flexibility index (Phi) is 4.12. The van der Waals surface area contributed by atoms with E-state index < -0.39 is 17.2 Å². The molecule has 2 unspecified atom stereocenters. The van der Waals surface area contributed by atoms with Crippen molar-refractivity contribution in [3.05, 3.63) is 35.4 Å². The van der Waals surface area contributed by atoms with Crippen LogP contribution in [0.1, 0.15) is 43.7 Å². The number of piperidine rings is 1. The van der Waals surface area contributed by atoms with Crippen molar-refractivity contribution in [2.24, 2.45) is 0 Å². The lowest BCUT2D eigenvalue weighted by molar-refractivity contribution is -0.137. The van der Waals surface area contributed by atoms with E-state index >= 15 is 0 Å². The van der Waals surface area contributed by atoms with Crippen LogP contribution in [0, 0.1) is 0 Å². The fourth-order valence-corrected chi connectivity index (χ4v) is 3.35. The molecule has 2 fully saturated rings. The van der Waals surface area contributed by atoms with Gasteiger partial charge in [-0.05, 0) is 50.8 Å². The summed E-state index contributed by atoms with van der Waals surface area (Å²) < 4.78 is 38.7. The number of carbonyl (C=O) groups excluding carboxylic acids is 1. The molecule has 1 aliphatic carbocycles. The Labute approximate surface area is 133 Å². The van der Waals surface area contributed by atoms with Gasteiger partial charge in [-0.15, -0.1) is 0 Å². The van der Waals surface area contributed by atoms with Crippen LogP contribution < -0.4 is 10.6 Å². The molecule has 3 rings (SSSR count).